The molecule has 12 heavy (non-hydrogen) atoms. The van der Waals surface area contributed by atoms with Crippen LogP contribution in [0, 0.1) is 0 Å². The molecule has 4 nitrogen and oxygen atoms in total. The highest BCUT2D eigenvalue weighted by atomic mass is 16.4. The van der Waals surface area contributed by atoms with E-state index in [9.17, 15) is 9.90 Å². The van der Waals surface area contributed by atoms with Gasteiger partial charge in [-0.05, 0) is 6.07 Å². The average Bonchev–Trinajstić information content (AvgIpc) is 2.05. The van der Waals surface area contributed by atoms with Gasteiger partial charge in [0.05, 0.1) is 12.1 Å². The number of rotatable bonds is 2. The zero-order chi connectivity index (χ0) is 9.14. The van der Waals surface area contributed by atoms with Crippen molar-refractivity contribution in [2.45, 2.75) is 6.54 Å². The molecule has 0 atom stereocenters. The van der Waals surface area contributed by atoms with Crippen LogP contribution in [0.4, 0.5) is 0 Å². The Kier molecular flexibility index (Phi) is 2.30. The average molecular weight is 167 g/mol. The summed E-state index contributed by atoms with van der Waals surface area (Å²) in [5.74, 6) is -1.64. The first-order valence-electron chi connectivity index (χ1n) is 3.47. The van der Waals surface area contributed by atoms with E-state index in [1.807, 2.05) is 0 Å². The molecule has 1 aromatic rings. The van der Waals surface area contributed by atoms with Gasteiger partial charge in [0.1, 0.15) is 0 Å². The second kappa shape index (κ2) is 3.23. The van der Waals surface area contributed by atoms with Crippen molar-refractivity contribution in [1.82, 2.24) is 0 Å². The monoisotopic (exact) mass is 167 g/mol. The topological polar surface area (TPSA) is 88.0 Å². The van der Waals surface area contributed by atoms with Crippen LogP contribution >= 0.6 is 0 Å². The van der Waals surface area contributed by atoms with E-state index in [1.165, 1.54) is 12.1 Å². The van der Waals surface area contributed by atoms with Crippen molar-refractivity contribution in [2.24, 2.45) is 0 Å². The van der Waals surface area contributed by atoms with Crippen molar-refractivity contribution in [3.8, 4) is 5.75 Å². The van der Waals surface area contributed by atoms with Gasteiger partial charge in [0.25, 0.3) is 0 Å². The molecule has 0 aliphatic rings. The lowest BCUT2D eigenvalue weighted by Gasteiger charge is -2.09. The van der Waals surface area contributed by atoms with E-state index in [4.69, 9.17) is 5.11 Å². The molecule has 4 heteroatoms. The lowest BCUT2D eigenvalue weighted by molar-refractivity contribution is -0.386. The maximum Gasteiger partial charge on any atom is 0.335 e. The van der Waals surface area contributed by atoms with Crippen LogP contribution in [0.3, 0.4) is 0 Å². The van der Waals surface area contributed by atoms with Gasteiger partial charge in [0.2, 0.25) is 0 Å². The maximum atomic E-state index is 10.9. The highest BCUT2D eigenvalue weighted by Crippen LogP contribution is 2.14. The smallest absolute Gasteiger partial charge is 0.335 e. The summed E-state index contributed by atoms with van der Waals surface area (Å²) in [5.41, 5.74) is 4.16. The van der Waals surface area contributed by atoms with E-state index in [0.717, 1.165) is 5.56 Å². The summed E-state index contributed by atoms with van der Waals surface area (Å²) < 4.78 is 0. The number of aromatic carboxylic acids is 1. The number of benzene rings is 1. The van der Waals surface area contributed by atoms with Crippen molar-refractivity contribution >= 4 is 5.97 Å². The van der Waals surface area contributed by atoms with Crippen LogP contribution in [0.15, 0.2) is 18.2 Å². The Balaban J connectivity index is 3.17. The summed E-state index contributed by atoms with van der Waals surface area (Å²) >= 11 is 0. The minimum Gasteiger partial charge on any atom is -0.872 e. The zero-order valence-electron chi connectivity index (χ0n) is 6.41. The number of carbonyl (C=O) groups is 1. The molecule has 0 radical (unpaired) electrons. The van der Waals surface area contributed by atoms with Crippen LogP contribution in [0.25, 0.3) is 0 Å². The van der Waals surface area contributed by atoms with Gasteiger partial charge in [-0.2, -0.15) is 0 Å². The van der Waals surface area contributed by atoms with Crippen LogP contribution < -0.4 is 10.8 Å². The minimum atomic E-state index is -1.18. The second-order valence-corrected chi connectivity index (χ2v) is 2.39. The Hall–Kier alpha value is -1.55. The molecular formula is C8H9NO3. The van der Waals surface area contributed by atoms with Gasteiger partial charge < -0.3 is 15.9 Å². The molecule has 64 valence electrons. The third kappa shape index (κ3) is 1.54. The predicted molar refractivity (Wildman–Crippen MR) is 39.4 cm³/mol. The van der Waals surface area contributed by atoms with E-state index in [-0.39, 0.29) is 5.56 Å². The predicted octanol–water partition coefficient (Wildman–Crippen LogP) is -0.800. The second-order valence-electron chi connectivity index (χ2n) is 2.39. The fourth-order valence-electron chi connectivity index (χ4n) is 0.900. The van der Waals surface area contributed by atoms with E-state index in [2.05, 4.69) is 5.73 Å². The Morgan fingerprint density at radius 1 is 1.58 bits per heavy atom. The zero-order valence-corrected chi connectivity index (χ0v) is 6.41. The van der Waals surface area contributed by atoms with Gasteiger partial charge in [-0.15, -0.1) is 0 Å². The maximum absolute atomic E-state index is 10.9. The quantitative estimate of drug-likeness (QED) is 0.604. The normalized spacial score (nSPS) is 9.75. The van der Waals surface area contributed by atoms with Crippen LogP contribution in [0.2, 0.25) is 0 Å². The van der Waals surface area contributed by atoms with Crippen LogP contribution in [-0.4, -0.2) is 11.1 Å². The molecule has 0 saturated heterocycles. The fourth-order valence-corrected chi connectivity index (χ4v) is 0.900. The number of carboxylic acids is 1. The molecule has 0 aliphatic heterocycles. The Morgan fingerprint density at radius 2 is 2.25 bits per heavy atom. The van der Waals surface area contributed by atoms with Crippen LogP contribution in [0.1, 0.15) is 15.9 Å². The first-order valence-corrected chi connectivity index (χ1v) is 3.47. The van der Waals surface area contributed by atoms with Crippen molar-refractivity contribution in [2.75, 3.05) is 0 Å². The van der Waals surface area contributed by atoms with Gasteiger partial charge in [0.15, 0.2) is 0 Å². The Labute approximate surface area is 69.3 Å². The van der Waals surface area contributed by atoms with Gasteiger partial charge in [-0.1, -0.05) is 17.9 Å². The number of quaternary nitrogens is 1. The van der Waals surface area contributed by atoms with Crippen molar-refractivity contribution in [1.29, 1.82) is 0 Å². The standard InChI is InChI=1S/C8H9NO3/c9-4-5-1-2-7(10)6(3-5)8(11)12/h1-3,10H,4,9H2,(H,11,12). The largest absolute Gasteiger partial charge is 0.872 e. The van der Waals surface area contributed by atoms with Gasteiger partial charge in [-0.3, -0.25) is 0 Å². The van der Waals surface area contributed by atoms with Crippen molar-refractivity contribution in [3.05, 3.63) is 29.3 Å². The first-order chi connectivity index (χ1) is 5.65. The summed E-state index contributed by atoms with van der Waals surface area (Å²) in [6.45, 7) is 0.487. The number of hydrogen-bond acceptors (Lipinski definition) is 2. The van der Waals surface area contributed by atoms with Crippen molar-refractivity contribution in [3.63, 3.8) is 0 Å². The summed E-state index contributed by atoms with van der Waals surface area (Å²) in [6, 6.07) is 4.20. The third-order valence-electron chi connectivity index (χ3n) is 1.56. The summed E-state index contributed by atoms with van der Waals surface area (Å²) in [4.78, 5) is 10.5. The van der Waals surface area contributed by atoms with E-state index >= 15 is 0 Å². The first kappa shape index (κ1) is 8.55. The molecule has 4 N–H and O–H groups in total. The van der Waals surface area contributed by atoms with Gasteiger partial charge in [0, 0.05) is 5.56 Å². The van der Waals surface area contributed by atoms with Gasteiger partial charge in [-0.25, -0.2) is 4.79 Å². The molecule has 0 saturated carbocycles. The Morgan fingerprint density at radius 3 is 2.75 bits per heavy atom. The fraction of sp³-hybridized carbons (Fsp3) is 0.125. The van der Waals surface area contributed by atoms with E-state index in [1.54, 1.807) is 6.07 Å². The molecule has 0 aliphatic carbocycles. The molecule has 0 spiro atoms. The highest BCUT2D eigenvalue weighted by molar-refractivity contribution is 5.90. The van der Waals surface area contributed by atoms with Crippen molar-refractivity contribution < 1.29 is 20.7 Å². The summed E-state index contributed by atoms with van der Waals surface area (Å²) in [7, 11) is 0. The molecule has 0 aromatic heterocycles. The van der Waals surface area contributed by atoms with Crippen LogP contribution in [-0.2, 0) is 6.54 Å². The molecule has 1 rings (SSSR count). The molecule has 0 amide bonds. The minimum absolute atomic E-state index is 0.184. The Bertz CT molecular complexity index is 309. The lowest BCUT2D eigenvalue weighted by atomic mass is 10.1. The van der Waals surface area contributed by atoms with Gasteiger partial charge >= 0.3 is 5.97 Å². The molecule has 0 bridgehead atoms. The molecule has 1 aromatic carbocycles. The van der Waals surface area contributed by atoms with E-state index in [0.29, 0.717) is 6.54 Å². The summed E-state index contributed by atoms with van der Waals surface area (Å²) in [5, 5.41) is 19.5. The molecular weight excluding hydrogens is 158 g/mol. The third-order valence-corrected chi connectivity index (χ3v) is 1.56. The van der Waals surface area contributed by atoms with E-state index < -0.39 is 11.7 Å². The lowest BCUT2D eigenvalue weighted by Crippen LogP contribution is -2.47. The SMILES string of the molecule is [NH3+]Cc1ccc([O-])c(C(=O)O)c1. The number of hydrogen-bond donors (Lipinski definition) is 2. The van der Waals surface area contributed by atoms with Crippen LogP contribution in [0.5, 0.6) is 5.75 Å². The number of carboxylic acid groups (broad SMARTS) is 1. The highest BCUT2D eigenvalue weighted by Gasteiger charge is 2.04. The molecule has 0 heterocycles. The molecule has 0 unspecified atom stereocenters. The molecule has 0 fully saturated rings. The summed E-state index contributed by atoms with van der Waals surface area (Å²) in [6.07, 6.45) is 0.